The van der Waals surface area contributed by atoms with E-state index in [1.165, 1.54) is 37.9 Å². The first-order chi connectivity index (χ1) is 13.0. The van der Waals surface area contributed by atoms with E-state index in [9.17, 15) is 13.6 Å². The molecule has 3 aliphatic heterocycles. The number of benzene rings is 1. The number of likely N-dealkylation sites (tertiary alicyclic amines) is 2. The summed E-state index contributed by atoms with van der Waals surface area (Å²) in [7, 11) is 0. The third kappa shape index (κ3) is 3.31. The van der Waals surface area contributed by atoms with Crippen LogP contribution in [0.3, 0.4) is 0 Å². The van der Waals surface area contributed by atoms with Crippen molar-refractivity contribution in [1.29, 1.82) is 0 Å². The van der Waals surface area contributed by atoms with E-state index >= 15 is 0 Å². The highest BCUT2D eigenvalue weighted by atomic mass is 19.3. The summed E-state index contributed by atoms with van der Waals surface area (Å²) in [5, 5.41) is 2.80. The molecule has 8 heteroatoms. The maximum Gasteiger partial charge on any atom is 0.586 e. The number of urea groups is 1. The molecule has 27 heavy (non-hydrogen) atoms. The van der Waals surface area contributed by atoms with Gasteiger partial charge in [0.1, 0.15) is 0 Å². The summed E-state index contributed by atoms with van der Waals surface area (Å²) in [5.41, 5.74) is 0.422. The number of amides is 2. The van der Waals surface area contributed by atoms with E-state index in [1.54, 1.807) is 6.07 Å². The van der Waals surface area contributed by atoms with Crippen LogP contribution < -0.4 is 14.8 Å². The first-order valence-electron chi connectivity index (χ1n) is 9.70. The number of alkyl halides is 2. The van der Waals surface area contributed by atoms with Crippen LogP contribution in [0.15, 0.2) is 18.2 Å². The number of hydrogen-bond acceptors (Lipinski definition) is 4. The maximum atomic E-state index is 13.1. The molecule has 0 bridgehead atoms. The monoisotopic (exact) mass is 379 g/mol. The predicted octanol–water partition coefficient (Wildman–Crippen LogP) is 3.49. The van der Waals surface area contributed by atoms with Gasteiger partial charge in [0.2, 0.25) is 0 Å². The number of halogens is 2. The number of carbonyl (C=O) groups is 1. The van der Waals surface area contributed by atoms with Crippen LogP contribution >= 0.6 is 0 Å². The van der Waals surface area contributed by atoms with Crippen molar-refractivity contribution in [3.63, 3.8) is 0 Å². The molecule has 0 aromatic heterocycles. The highest BCUT2D eigenvalue weighted by Crippen LogP contribution is 2.42. The summed E-state index contributed by atoms with van der Waals surface area (Å²) in [4.78, 5) is 17.2. The Bertz CT molecular complexity index is 756. The number of nitrogens with zero attached hydrogens (tertiary/aromatic N) is 2. The molecule has 4 aliphatic rings. The zero-order valence-corrected chi connectivity index (χ0v) is 15.0. The molecule has 1 saturated carbocycles. The largest absolute Gasteiger partial charge is 0.586 e. The van der Waals surface area contributed by atoms with Gasteiger partial charge in [0.15, 0.2) is 11.5 Å². The van der Waals surface area contributed by atoms with Gasteiger partial charge >= 0.3 is 12.3 Å². The van der Waals surface area contributed by atoms with Crippen molar-refractivity contribution in [2.75, 3.05) is 25.0 Å². The molecule has 0 radical (unpaired) electrons. The van der Waals surface area contributed by atoms with Crippen molar-refractivity contribution in [2.24, 2.45) is 5.92 Å². The third-order valence-electron chi connectivity index (χ3n) is 6.07. The quantitative estimate of drug-likeness (QED) is 0.855. The Hall–Kier alpha value is -2.09. The van der Waals surface area contributed by atoms with Crippen LogP contribution in [0.5, 0.6) is 11.5 Å². The van der Waals surface area contributed by atoms with Crippen LogP contribution in [-0.4, -0.2) is 53.8 Å². The van der Waals surface area contributed by atoms with E-state index in [2.05, 4.69) is 19.7 Å². The lowest BCUT2D eigenvalue weighted by atomic mass is 9.84. The first-order valence-corrected chi connectivity index (χ1v) is 9.70. The summed E-state index contributed by atoms with van der Waals surface area (Å²) in [6.07, 6.45) is 2.34. The van der Waals surface area contributed by atoms with Crippen LogP contribution in [0.4, 0.5) is 19.3 Å². The summed E-state index contributed by atoms with van der Waals surface area (Å²) in [5.74, 6) is 0.430. The van der Waals surface area contributed by atoms with E-state index in [4.69, 9.17) is 0 Å². The van der Waals surface area contributed by atoms with Crippen LogP contribution in [0.2, 0.25) is 0 Å². The Labute approximate surface area is 156 Å². The molecule has 1 N–H and O–H groups in total. The highest BCUT2D eigenvalue weighted by Gasteiger charge is 2.44. The van der Waals surface area contributed by atoms with Crippen molar-refractivity contribution in [2.45, 2.75) is 50.5 Å². The van der Waals surface area contributed by atoms with Gasteiger partial charge in [-0.3, -0.25) is 4.90 Å². The van der Waals surface area contributed by atoms with Crippen LogP contribution in [0, 0.1) is 5.92 Å². The molecule has 0 spiro atoms. The Kier molecular flexibility index (Phi) is 3.93. The Morgan fingerprint density at radius 3 is 2.74 bits per heavy atom. The second-order valence-corrected chi connectivity index (χ2v) is 7.93. The van der Waals surface area contributed by atoms with Gasteiger partial charge in [0.25, 0.3) is 0 Å². The molecule has 5 rings (SSSR count). The van der Waals surface area contributed by atoms with Gasteiger partial charge in [-0.2, -0.15) is 0 Å². The van der Waals surface area contributed by atoms with Gasteiger partial charge in [-0.25, -0.2) is 4.79 Å². The lowest BCUT2D eigenvalue weighted by molar-refractivity contribution is -0.286. The zero-order valence-electron chi connectivity index (χ0n) is 15.0. The summed E-state index contributed by atoms with van der Waals surface area (Å²) >= 11 is 0. The van der Waals surface area contributed by atoms with E-state index in [0.29, 0.717) is 17.6 Å². The molecule has 1 aromatic rings. The fourth-order valence-corrected chi connectivity index (χ4v) is 4.72. The summed E-state index contributed by atoms with van der Waals surface area (Å²) in [6.45, 7) is 2.67. The first kappa shape index (κ1) is 17.0. The van der Waals surface area contributed by atoms with E-state index in [1.807, 2.05) is 4.90 Å². The average Bonchev–Trinajstić information content (AvgIpc) is 3.43. The summed E-state index contributed by atoms with van der Waals surface area (Å²) < 4.78 is 35.1. The van der Waals surface area contributed by atoms with E-state index in [0.717, 1.165) is 32.0 Å². The molecule has 1 aromatic carbocycles. The molecule has 6 nitrogen and oxygen atoms in total. The molecule has 2 saturated heterocycles. The SMILES string of the molecule is O=C(Nc1ccc2c(c1)OC(F)(F)O2)N1CCC2C(CCCN2C2CC2)C1. The van der Waals surface area contributed by atoms with Gasteiger partial charge in [0, 0.05) is 36.9 Å². The molecule has 3 fully saturated rings. The molecule has 146 valence electrons. The van der Waals surface area contributed by atoms with Crippen LogP contribution in [0.1, 0.15) is 32.1 Å². The Morgan fingerprint density at radius 1 is 1.11 bits per heavy atom. The maximum absolute atomic E-state index is 13.1. The minimum absolute atomic E-state index is 0.0267. The lowest BCUT2D eigenvalue weighted by Gasteiger charge is -2.47. The highest BCUT2D eigenvalue weighted by molar-refractivity contribution is 5.89. The molecule has 2 unspecified atom stereocenters. The number of rotatable bonds is 2. The second kappa shape index (κ2) is 6.22. The zero-order chi connectivity index (χ0) is 18.6. The van der Waals surface area contributed by atoms with Gasteiger partial charge in [-0.1, -0.05) is 0 Å². The third-order valence-corrected chi connectivity index (χ3v) is 6.07. The lowest BCUT2D eigenvalue weighted by Crippen LogP contribution is -2.56. The molecular weight excluding hydrogens is 356 g/mol. The van der Waals surface area contributed by atoms with Gasteiger partial charge in [-0.05, 0) is 56.7 Å². The number of carbonyl (C=O) groups excluding carboxylic acids is 1. The normalized spacial score (nSPS) is 29.3. The van der Waals surface area contributed by atoms with Gasteiger partial charge < -0.3 is 19.7 Å². The molecule has 2 atom stereocenters. The van der Waals surface area contributed by atoms with E-state index < -0.39 is 6.29 Å². The topological polar surface area (TPSA) is 54.0 Å². The van der Waals surface area contributed by atoms with Gasteiger partial charge in [-0.15, -0.1) is 8.78 Å². The Morgan fingerprint density at radius 2 is 1.93 bits per heavy atom. The number of piperidine rings is 2. The van der Waals surface area contributed by atoms with Crippen molar-refractivity contribution in [1.82, 2.24) is 9.80 Å². The minimum Gasteiger partial charge on any atom is -0.395 e. The van der Waals surface area contributed by atoms with Crippen LogP contribution in [-0.2, 0) is 0 Å². The van der Waals surface area contributed by atoms with Crippen molar-refractivity contribution in [3.05, 3.63) is 18.2 Å². The van der Waals surface area contributed by atoms with Crippen LogP contribution in [0.25, 0.3) is 0 Å². The number of ether oxygens (including phenoxy) is 2. The number of hydrogen-bond donors (Lipinski definition) is 1. The molecule has 2 amide bonds. The molecule has 3 heterocycles. The number of anilines is 1. The van der Waals surface area contributed by atoms with E-state index in [-0.39, 0.29) is 17.5 Å². The van der Waals surface area contributed by atoms with Crippen molar-refractivity contribution in [3.8, 4) is 11.5 Å². The average molecular weight is 379 g/mol. The molecular formula is C19H23F2N3O3. The van der Waals surface area contributed by atoms with Gasteiger partial charge in [0.05, 0.1) is 0 Å². The molecule has 1 aliphatic carbocycles. The smallest absolute Gasteiger partial charge is 0.395 e. The minimum atomic E-state index is -3.65. The standard InChI is InChI=1S/C19H23F2N3O3/c20-19(21)26-16-6-3-13(10-17(16)27-19)22-18(25)23-9-7-15-12(11-23)2-1-8-24(15)14-4-5-14/h3,6,10,12,14-15H,1-2,4-5,7-9,11H2,(H,22,25). The Balaban J connectivity index is 1.22. The second-order valence-electron chi connectivity index (χ2n) is 7.93. The summed E-state index contributed by atoms with van der Waals surface area (Å²) in [6, 6.07) is 5.47. The predicted molar refractivity (Wildman–Crippen MR) is 94.1 cm³/mol. The van der Waals surface area contributed by atoms with Crippen molar-refractivity contribution >= 4 is 11.7 Å². The fourth-order valence-electron chi connectivity index (χ4n) is 4.72. The fraction of sp³-hybridized carbons (Fsp3) is 0.632. The van der Waals surface area contributed by atoms with Crippen molar-refractivity contribution < 1.29 is 23.0 Å². The number of nitrogens with one attached hydrogen (secondary N) is 1. The number of fused-ring (bicyclic) bond motifs is 2.